The molecule has 9 heteroatoms. The lowest BCUT2D eigenvalue weighted by Crippen LogP contribution is -2.28. The number of alkyl halides is 1. The Kier molecular flexibility index (Phi) is 8.45. The molecule has 30 heavy (non-hydrogen) atoms. The Labute approximate surface area is 195 Å². The Bertz CT molecular complexity index is 997. The van der Waals surface area contributed by atoms with Crippen molar-refractivity contribution in [2.24, 2.45) is 0 Å². The van der Waals surface area contributed by atoms with Gasteiger partial charge in [-0.05, 0) is 37.1 Å². The molecule has 1 N–H and O–H groups in total. The molecule has 0 saturated carbocycles. The molecule has 158 valence electrons. The second-order valence-corrected chi connectivity index (χ2v) is 8.79. The van der Waals surface area contributed by atoms with E-state index in [-0.39, 0.29) is 11.9 Å². The van der Waals surface area contributed by atoms with E-state index in [1.165, 1.54) is 17.3 Å². The maximum atomic E-state index is 12.2. The number of nitrogens with zero attached hydrogens (tertiary/aromatic N) is 3. The average molecular weight is 484 g/mol. The van der Waals surface area contributed by atoms with Crippen molar-refractivity contribution in [3.63, 3.8) is 0 Å². The number of hydrogen-bond acceptors (Lipinski definition) is 4. The van der Waals surface area contributed by atoms with E-state index in [9.17, 15) is 4.79 Å². The number of aromatic nitrogens is 3. The van der Waals surface area contributed by atoms with Gasteiger partial charge in [-0.2, -0.15) is 0 Å². The molecule has 0 aliphatic carbocycles. The van der Waals surface area contributed by atoms with E-state index in [1.807, 2.05) is 29.7 Å². The Morgan fingerprint density at radius 3 is 2.67 bits per heavy atom. The van der Waals surface area contributed by atoms with Gasteiger partial charge in [0, 0.05) is 23.1 Å². The smallest absolute Gasteiger partial charge is 0.220 e. The number of nitrogens with one attached hydrogen (secondary N) is 1. The van der Waals surface area contributed by atoms with Crippen molar-refractivity contribution < 1.29 is 4.79 Å². The van der Waals surface area contributed by atoms with Crippen LogP contribution in [0.3, 0.4) is 0 Å². The molecule has 0 aliphatic heterocycles. The molecule has 1 aromatic heterocycles. The Morgan fingerprint density at radius 2 is 1.93 bits per heavy atom. The summed E-state index contributed by atoms with van der Waals surface area (Å²) in [4.78, 5) is 12.2. The van der Waals surface area contributed by atoms with Crippen molar-refractivity contribution in [1.29, 1.82) is 0 Å². The molecule has 5 nitrogen and oxygen atoms in total. The number of hydrogen-bond donors (Lipinski definition) is 1. The third kappa shape index (κ3) is 5.91. The van der Waals surface area contributed by atoms with E-state index in [0.29, 0.717) is 51.2 Å². The van der Waals surface area contributed by atoms with Crippen LogP contribution in [0, 0.1) is 0 Å². The van der Waals surface area contributed by atoms with E-state index < -0.39 is 0 Å². The zero-order chi connectivity index (χ0) is 21.5. The van der Waals surface area contributed by atoms with Gasteiger partial charge in [0.25, 0.3) is 0 Å². The molecular weight excluding hydrogens is 463 g/mol. The van der Waals surface area contributed by atoms with Crippen LogP contribution < -0.4 is 5.32 Å². The van der Waals surface area contributed by atoms with Crippen LogP contribution in [0.1, 0.15) is 37.2 Å². The average Bonchev–Trinajstić information content (AvgIpc) is 3.17. The highest BCUT2D eigenvalue weighted by Gasteiger charge is 2.22. The van der Waals surface area contributed by atoms with Crippen LogP contribution in [0.15, 0.2) is 53.7 Å². The minimum atomic E-state index is -0.374. The van der Waals surface area contributed by atoms with Crippen molar-refractivity contribution in [3.8, 4) is 5.69 Å². The summed E-state index contributed by atoms with van der Waals surface area (Å²) in [7, 11) is 0. The number of thioether (sulfide) groups is 1. The van der Waals surface area contributed by atoms with Crippen LogP contribution >= 0.6 is 46.6 Å². The SMILES string of the molecule is CC(NC(=O)CCCCl)c1nnc(SCc2ccccc2)n1-c1cc(Cl)ccc1Cl. The quantitative estimate of drug-likeness (QED) is 0.297. The predicted molar refractivity (Wildman–Crippen MR) is 124 cm³/mol. The van der Waals surface area contributed by atoms with Gasteiger partial charge in [-0.25, -0.2) is 0 Å². The van der Waals surface area contributed by atoms with Crippen molar-refractivity contribution in [3.05, 3.63) is 70.0 Å². The zero-order valence-corrected chi connectivity index (χ0v) is 19.4. The Hall–Kier alpha value is -1.73. The largest absolute Gasteiger partial charge is 0.346 e. The molecule has 3 rings (SSSR count). The maximum absolute atomic E-state index is 12.2. The van der Waals surface area contributed by atoms with E-state index in [1.54, 1.807) is 18.2 Å². The molecule has 1 atom stereocenters. The third-order valence-corrected chi connectivity index (χ3v) is 6.14. The number of carbonyl (C=O) groups is 1. The van der Waals surface area contributed by atoms with Gasteiger partial charge in [0.1, 0.15) is 0 Å². The summed E-state index contributed by atoms with van der Waals surface area (Å²) in [5.41, 5.74) is 1.83. The molecular formula is C21H21Cl3N4OS. The molecule has 0 saturated heterocycles. The molecule has 1 unspecified atom stereocenters. The summed E-state index contributed by atoms with van der Waals surface area (Å²) >= 11 is 19.9. The summed E-state index contributed by atoms with van der Waals surface area (Å²) in [6.45, 7) is 1.86. The first-order valence-electron chi connectivity index (χ1n) is 9.42. The number of rotatable bonds is 9. The minimum absolute atomic E-state index is 0.0895. The fourth-order valence-electron chi connectivity index (χ4n) is 2.87. The lowest BCUT2D eigenvalue weighted by atomic mass is 10.2. The summed E-state index contributed by atoms with van der Waals surface area (Å²) < 4.78 is 1.86. The van der Waals surface area contributed by atoms with Gasteiger partial charge in [0.15, 0.2) is 11.0 Å². The predicted octanol–water partition coefficient (Wildman–Crippen LogP) is 6.06. The van der Waals surface area contributed by atoms with Crippen LogP contribution in [0.25, 0.3) is 5.69 Å². The van der Waals surface area contributed by atoms with Gasteiger partial charge in [-0.1, -0.05) is 65.3 Å². The number of carbonyl (C=O) groups excluding carboxylic acids is 1. The topological polar surface area (TPSA) is 59.8 Å². The van der Waals surface area contributed by atoms with Crippen molar-refractivity contribution in [1.82, 2.24) is 20.1 Å². The van der Waals surface area contributed by atoms with Gasteiger partial charge < -0.3 is 5.32 Å². The highest BCUT2D eigenvalue weighted by atomic mass is 35.5. The van der Waals surface area contributed by atoms with E-state index in [4.69, 9.17) is 34.8 Å². The Balaban J connectivity index is 1.93. The fourth-order valence-corrected chi connectivity index (χ4v) is 4.28. The Morgan fingerprint density at radius 1 is 1.17 bits per heavy atom. The van der Waals surface area contributed by atoms with Crippen LogP contribution in [0.2, 0.25) is 10.0 Å². The van der Waals surface area contributed by atoms with Crippen molar-refractivity contribution in [2.45, 2.75) is 36.7 Å². The van der Waals surface area contributed by atoms with E-state index in [0.717, 1.165) is 0 Å². The van der Waals surface area contributed by atoms with Crippen molar-refractivity contribution >= 4 is 52.5 Å². The molecule has 0 fully saturated rings. The molecule has 1 amide bonds. The first-order chi connectivity index (χ1) is 14.5. The molecule has 2 aromatic carbocycles. The number of amides is 1. The standard InChI is InChI=1S/C21H21Cl3N4OS/c1-14(25-19(29)8-5-11-22)20-26-27-21(30-13-15-6-3-2-4-7-15)28(20)18-12-16(23)9-10-17(18)24/h2-4,6-7,9-10,12,14H,5,8,11,13H2,1H3,(H,25,29). The maximum Gasteiger partial charge on any atom is 0.220 e. The second-order valence-electron chi connectivity index (χ2n) is 6.63. The number of benzene rings is 2. The lowest BCUT2D eigenvalue weighted by Gasteiger charge is -2.17. The van der Waals surface area contributed by atoms with Crippen LogP contribution in [0.5, 0.6) is 0 Å². The normalized spacial score (nSPS) is 12.0. The second kappa shape index (κ2) is 11.0. The fraction of sp³-hybridized carbons (Fsp3) is 0.286. The van der Waals surface area contributed by atoms with E-state index >= 15 is 0 Å². The molecule has 0 aliphatic rings. The molecule has 1 heterocycles. The number of halogens is 3. The van der Waals surface area contributed by atoms with Crippen LogP contribution in [0.4, 0.5) is 0 Å². The zero-order valence-electron chi connectivity index (χ0n) is 16.3. The highest BCUT2D eigenvalue weighted by molar-refractivity contribution is 7.98. The molecule has 0 radical (unpaired) electrons. The molecule has 0 bridgehead atoms. The van der Waals surface area contributed by atoms with Gasteiger partial charge in [0.05, 0.1) is 16.8 Å². The summed E-state index contributed by atoms with van der Waals surface area (Å²) in [5, 5.41) is 13.4. The van der Waals surface area contributed by atoms with Crippen LogP contribution in [-0.2, 0) is 10.5 Å². The van der Waals surface area contributed by atoms with Gasteiger partial charge in [-0.3, -0.25) is 9.36 Å². The minimum Gasteiger partial charge on any atom is -0.346 e. The van der Waals surface area contributed by atoms with E-state index in [2.05, 4.69) is 27.6 Å². The molecule has 0 spiro atoms. The summed E-state index contributed by atoms with van der Waals surface area (Å²) in [6.07, 6.45) is 0.973. The first kappa shape index (κ1) is 22.9. The molecule has 3 aromatic rings. The summed E-state index contributed by atoms with van der Waals surface area (Å²) in [5.74, 6) is 1.65. The third-order valence-electron chi connectivity index (χ3n) is 4.32. The highest BCUT2D eigenvalue weighted by Crippen LogP contribution is 2.32. The first-order valence-corrected chi connectivity index (χ1v) is 11.7. The van der Waals surface area contributed by atoms with Crippen molar-refractivity contribution in [2.75, 3.05) is 5.88 Å². The van der Waals surface area contributed by atoms with Gasteiger partial charge in [0.2, 0.25) is 5.91 Å². The lowest BCUT2D eigenvalue weighted by molar-refractivity contribution is -0.121. The van der Waals surface area contributed by atoms with Gasteiger partial charge in [-0.15, -0.1) is 21.8 Å². The van der Waals surface area contributed by atoms with Crippen LogP contribution in [-0.4, -0.2) is 26.6 Å². The monoisotopic (exact) mass is 482 g/mol. The van der Waals surface area contributed by atoms with Gasteiger partial charge >= 0.3 is 0 Å². The summed E-state index contributed by atoms with van der Waals surface area (Å²) in [6, 6.07) is 14.9.